The van der Waals surface area contributed by atoms with Gasteiger partial charge in [0.25, 0.3) is 0 Å². The van der Waals surface area contributed by atoms with Crippen molar-refractivity contribution >= 4 is 40.0 Å². The van der Waals surface area contributed by atoms with Crippen LogP contribution in [0.3, 0.4) is 0 Å². The maximum Gasteiger partial charge on any atom is 0.410 e. The Morgan fingerprint density at radius 3 is 2.37 bits per heavy atom. The Labute approximate surface area is 183 Å². The molecular weight excluding hydrogens is 459 g/mol. The van der Waals surface area contributed by atoms with E-state index in [1.165, 1.54) is 47.2 Å². The molecular formula is C21H26BrFN2O5. The molecule has 1 aromatic carbocycles. The molecule has 1 N–H and O–H groups in total. The molecule has 2 amide bonds. The third-order valence-corrected chi connectivity index (χ3v) is 5.58. The van der Waals surface area contributed by atoms with Crippen LogP contribution in [0.1, 0.15) is 39.2 Å². The van der Waals surface area contributed by atoms with Gasteiger partial charge in [0.15, 0.2) is 0 Å². The summed E-state index contributed by atoms with van der Waals surface area (Å²) in [4.78, 5) is 39.6. The van der Waals surface area contributed by atoms with Gasteiger partial charge in [-0.15, -0.1) is 0 Å². The van der Waals surface area contributed by atoms with Crippen LogP contribution in [0, 0.1) is 5.82 Å². The molecule has 7 nitrogen and oxygen atoms in total. The Balaban J connectivity index is 2.11. The minimum atomic E-state index is -1.43. The number of carbonyl (C=O) groups is 3. The fraction of sp³-hybridized carbons (Fsp3) is 0.476. The molecule has 0 aromatic heterocycles. The number of piperidine rings is 1. The van der Waals surface area contributed by atoms with E-state index in [2.05, 4.69) is 15.9 Å². The number of hydrogen-bond donors (Lipinski definition) is 1. The Bertz CT molecular complexity index is 857. The van der Waals surface area contributed by atoms with Crippen LogP contribution in [-0.2, 0) is 14.3 Å². The largest absolute Gasteiger partial charge is 0.479 e. The molecule has 30 heavy (non-hydrogen) atoms. The van der Waals surface area contributed by atoms with Crippen LogP contribution in [0.25, 0.3) is 6.08 Å². The number of benzene rings is 1. The van der Waals surface area contributed by atoms with Crippen molar-refractivity contribution < 1.29 is 28.6 Å². The first kappa shape index (κ1) is 23.9. The van der Waals surface area contributed by atoms with E-state index in [0.717, 1.165) is 0 Å². The van der Waals surface area contributed by atoms with Crippen LogP contribution in [0.15, 0.2) is 28.7 Å². The highest BCUT2D eigenvalue weighted by atomic mass is 79.9. The molecule has 9 heteroatoms. The van der Waals surface area contributed by atoms with E-state index in [1.807, 2.05) is 0 Å². The van der Waals surface area contributed by atoms with Gasteiger partial charge in [0, 0.05) is 26.2 Å². The highest BCUT2D eigenvalue weighted by Crippen LogP contribution is 2.30. The van der Waals surface area contributed by atoms with Crippen LogP contribution >= 0.6 is 15.9 Å². The number of amides is 2. The third-order valence-electron chi connectivity index (χ3n) is 4.98. The number of carbonyl (C=O) groups excluding carboxylic acids is 2. The normalized spacial score (nSPS) is 16.4. The van der Waals surface area contributed by atoms with Crippen molar-refractivity contribution in [3.8, 4) is 0 Å². The Kier molecular flexibility index (Phi) is 7.28. The molecule has 0 spiro atoms. The molecule has 1 fully saturated rings. The first-order valence-corrected chi connectivity index (χ1v) is 10.3. The smallest absolute Gasteiger partial charge is 0.410 e. The van der Waals surface area contributed by atoms with Gasteiger partial charge in [0.2, 0.25) is 5.91 Å². The Morgan fingerprint density at radius 1 is 1.27 bits per heavy atom. The summed E-state index contributed by atoms with van der Waals surface area (Å²) in [6.07, 6.45) is 2.41. The van der Waals surface area contributed by atoms with Crippen molar-refractivity contribution in [3.63, 3.8) is 0 Å². The third kappa shape index (κ3) is 5.59. The molecule has 1 aliphatic rings. The van der Waals surface area contributed by atoms with Gasteiger partial charge in [-0.2, -0.15) is 0 Å². The lowest BCUT2D eigenvalue weighted by molar-refractivity contribution is -0.159. The minimum Gasteiger partial charge on any atom is -0.479 e. The average molecular weight is 485 g/mol. The van der Waals surface area contributed by atoms with E-state index in [-0.39, 0.29) is 30.4 Å². The number of ether oxygens (including phenoxy) is 1. The second kappa shape index (κ2) is 9.16. The Morgan fingerprint density at radius 2 is 1.87 bits per heavy atom. The van der Waals surface area contributed by atoms with Gasteiger partial charge < -0.3 is 19.6 Å². The number of likely N-dealkylation sites (tertiary alicyclic amines) is 1. The molecule has 1 saturated heterocycles. The molecule has 0 bridgehead atoms. The van der Waals surface area contributed by atoms with Crippen LogP contribution in [0.4, 0.5) is 9.18 Å². The van der Waals surface area contributed by atoms with E-state index < -0.39 is 34.9 Å². The van der Waals surface area contributed by atoms with Crippen molar-refractivity contribution in [2.24, 2.45) is 0 Å². The quantitative estimate of drug-likeness (QED) is 0.654. The van der Waals surface area contributed by atoms with Gasteiger partial charge in [-0.1, -0.05) is 6.07 Å². The van der Waals surface area contributed by atoms with Gasteiger partial charge >= 0.3 is 12.1 Å². The fourth-order valence-electron chi connectivity index (χ4n) is 3.18. The van der Waals surface area contributed by atoms with E-state index in [9.17, 15) is 23.9 Å². The molecule has 1 heterocycles. The monoisotopic (exact) mass is 484 g/mol. The van der Waals surface area contributed by atoms with Crippen molar-refractivity contribution in [1.82, 2.24) is 9.80 Å². The summed E-state index contributed by atoms with van der Waals surface area (Å²) in [5, 5.41) is 9.87. The summed E-state index contributed by atoms with van der Waals surface area (Å²) in [5.74, 6) is -2.04. The number of hydrogen-bond acceptors (Lipinski definition) is 4. The molecule has 1 aliphatic heterocycles. The number of aliphatic carboxylic acids is 1. The number of carboxylic acid groups (broad SMARTS) is 1. The van der Waals surface area contributed by atoms with E-state index in [4.69, 9.17) is 4.74 Å². The maximum absolute atomic E-state index is 13.3. The number of likely N-dealkylation sites (N-methyl/N-ethyl adjacent to an activating group) is 1. The summed E-state index contributed by atoms with van der Waals surface area (Å²) >= 11 is 3.08. The predicted octanol–water partition coefficient (Wildman–Crippen LogP) is 3.91. The number of carboxylic acids is 1. The van der Waals surface area contributed by atoms with Gasteiger partial charge in [0.05, 0.1) is 4.47 Å². The average Bonchev–Trinajstić information content (AvgIpc) is 2.66. The van der Waals surface area contributed by atoms with E-state index >= 15 is 0 Å². The molecule has 164 valence electrons. The number of rotatable bonds is 4. The summed E-state index contributed by atoms with van der Waals surface area (Å²) in [6, 6.07) is 4.30. The first-order valence-electron chi connectivity index (χ1n) is 9.48. The van der Waals surface area contributed by atoms with E-state index in [1.54, 1.807) is 20.8 Å². The second-order valence-electron chi connectivity index (χ2n) is 8.21. The Hall–Kier alpha value is -2.42. The lowest BCUT2D eigenvalue weighted by atomic mass is 9.86. The second-order valence-corrected chi connectivity index (χ2v) is 9.06. The summed E-state index contributed by atoms with van der Waals surface area (Å²) in [6.45, 7) is 5.60. The highest BCUT2D eigenvalue weighted by molar-refractivity contribution is 9.10. The van der Waals surface area contributed by atoms with Gasteiger partial charge in [-0.3, -0.25) is 4.79 Å². The number of halogens is 2. The maximum atomic E-state index is 13.3. The molecule has 1 aromatic rings. The lowest BCUT2D eigenvalue weighted by Gasteiger charge is -2.43. The van der Waals surface area contributed by atoms with E-state index in [0.29, 0.717) is 5.56 Å². The highest BCUT2D eigenvalue weighted by Gasteiger charge is 2.47. The van der Waals surface area contributed by atoms with Crippen molar-refractivity contribution in [2.75, 3.05) is 20.1 Å². The van der Waals surface area contributed by atoms with Crippen molar-refractivity contribution in [3.05, 3.63) is 40.1 Å². The molecule has 0 unspecified atom stereocenters. The molecule has 0 radical (unpaired) electrons. The molecule has 0 saturated carbocycles. The van der Waals surface area contributed by atoms with Crippen LogP contribution in [-0.4, -0.2) is 64.2 Å². The van der Waals surface area contributed by atoms with Gasteiger partial charge in [0.1, 0.15) is 17.0 Å². The summed E-state index contributed by atoms with van der Waals surface area (Å²) in [7, 11) is 1.44. The van der Waals surface area contributed by atoms with Crippen LogP contribution in [0.2, 0.25) is 0 Å². The zero-order chi connectivity index (χ0) is 22.7. The standard InChI is InChI=1S/C21H26BrFN2O5/c1-20(2,3)30-19(29)25-11-9-21(10-12-25,18(27)28)24(4)17(26)8-6-14-5-7-16(23)15(22)13-14/h5-8,13H,9-12H2,1-4H3,(H,27,28)/b8-6+. The molecule has 2 rings (SSSR count). The van der Waals surface area contributed by atoms with Crippen LogP contribution < -0.4 is 0 Å². The van der Waals surface area contributed by atoms with Crippen molar-refractivity contribution in [2.45, 2.75) is 44.8 Å². The van der Waals surface area contributed by atoms with Gasteiger partial charge in [-0.05, 0) is 73.3 Å². The zero-order valence-electron chi connectivity index (χ0n) is 17.4. The zero-order valence-corrected chi connectivity index (χ0v) is 19.0. The summed E-state index contributed by atoms with van der Waals surface area (Å²) in [5.41, 5.74) is -1.48. The predicted molar refractivity (Wildman–Crippen MR) is 113 cm³/mol. The molecule has 0 atom stereocenters. The topological polar surface area (TPSA) is 87.2 Å². The summed E-state index contributed by atoms with van der Waals surface area (Å²) < 4.78 is 18.9. The van der Waals surface area contributed by atoms with Crippen molar-refractivity contribution in [1.29, 1.82) is 0 Å². The lowest BCUT2D eigenvalue weighted by Crippen LogP contribution is -2.61. The van der Waals surface area contributed by atoms with Gasteiger partial charge in [-0.25, -0.2) is 14.0 Å². The van der Waals surface area contributed by atoms with Crippen LogP contribution in [0.5, 0.6) is 0 Å². The SMILES string of the molecule is CN(C(=O)/C=C/c1ccc(F)c(Br)c1)C1(C(=O)O)CCN(C(=O)OC(C)(C)C)CC1. The minimum absolute atomic E-state index is 0.0831. The number of nitrogens with zero attached hydrogens (tertiary/aromatic N) is 2. The molecule has 0 aliphatic carbocycles. The first-order chi connectivity index (χ1) is 13.9. The fourth-order valence-corrected chi connectivity index (χ4v) is 3.58.